The first kappa shape index (κ1) is 13.9. The molecular formula is C11H10O6S2. The summed E-state index contributed by atoms with van der Waals surface area (Å²) < 4.78 is 64.0. The highest BCUT2D eigenvalue weighted by molar-refractivity contribution is 7.89. The molecule has 0 spiro atoms. The summed E-state index contributed by atoms with van der Waals surface area (Å²) in [5, 5.41) is 0.475. The number of aryl methyl sites for hydroxylation is 1. The maximum Gasteiger partial charge on any atom is 0.296 e. The molecule has 0 aliphatic carbocycles. The zero-order valence-electron chi connectivity index (χ0n) is 9.73. The molecule has 0 aromatic heterocycles. The van der Waals surface area contributed by atoms with Crippen LogP contribution in [0.1, 0.15) is 5.56 Å². The van der Waals surface area contributed by atoms with Gasteiger partial charge in [0.1, 0.15) is 9.79 Å². The molecule has 102 valence electrons. The average molecular weight is 302 g/mol. The third kappa shape index (κ3) is 2.47. The summed E-state index contributed by atoms with van der Waals surface area (Å²) in [5.41, 5.74) is 0.0359. The molecule has 2 aromatic carbocycles. The van der Waals surface area contributed by atoms with Gasteiger partial charge < -0.3 is 0 Å². The SMILES string of the molecule is Cc1cc2ccccc2c(S(=O)(=O)O)c1S(=O)(=O)O. The second-order valence-corrected chi connectivity index (χ2v) is 6.74. The average Bonchev–Trinajstić information content (AvgIpc) is 2.24. The van der Waals surface area contributed by atoms with E-state index in [9.17, 15) is 25.9 Å². The highest BCUT2D eigenvalue weighted by Crippen LogP contribution is 2.32. The summed E-state index contributed by atoms with van der Waals surface area (Å²) in [4.78, 5) is -1.60. The van der Waals surface area contributed by atoms with Gasteiger partial charge in [-0.05, 0) is 23.9 Å². The zero-order valence-corrected chi connectivity index (χ0v) is 11.4. The van der Waals surface area contributed by atoms with Crippen molar-refractivity contribution in [2.75, 3.05) is 0 Å². The molecule has 0 saturated carbocycles. The molecule has 0 saturated heterocycles. The molecule has 0 amide bonds. The number of rotatable bonds is 2. The van der Waals surface area contributed by atoms with Crippen LogP contribution < -0.4 is 0 Å². The molecule has 0 radical (unpaired) electrons. The van der Waals surface area contributed by atoms with Gasteiger partial charge in [-0.2, -0.15) is 16.8 Å². The maximum atomic E-state index is 11.4. The Balaban J connectivity index is 3.18. The summed E-state index contributed by atoms with van der Waals surface area (Å²) in [7, 11) is -9.58. The van der Waals surface area contributed by atoms with Crippen molar-refractivity contribution in [3.05, 3.63) is 35.9 Å². The second-order valence-electron chi connectivity index (χ2n) is 4.02. The standard InChI is InChI=1S/C11H10O6S2/c1-7-6-8-4-2-3-5-9(8)11(19(15,16)17)10(7)18(12,13)14/h2-6H,1H3,(H,12,13,14)(H,15,16,17). The fraction of sp³-hybridized carbons (Fsp3) is 0.0909. The Hall–Kier alpha value is -1.48. The number of fused-ring (bicyclic) bond motifs is 1. The van der Waals surface area contributed by atoms with Crippen LogP contribution in [0.2, 0.25) is 0 Å². The minimum Gasteiger partial charge on any atom is -0.282 e. The molecule has 2 rings (SSSR count). The molecule has 0 heterocycles. The van der Waals surface area contributed by atoms with E-state index in [2.05, 4.69) is 0 Å². The van der Waals surface area contributed by atoms with Crippen LogP contribution in [0, 0.1) is 6.92 Å². The first-order valence-corrected chi connectivity index (χ1v) is 7.97. The Morgan fingerprint density at radius 2 is 1.42 bits per heavy atom. The van der Waals surface area contributed by atoms with Crippen molar-refractivity contribution in [3.8, 4) is 0 Å². The van der Waals surface area contributed by atoms with Crippen LogP contribution in [0.15, 0.2) is 40.1 Å². The Labute approximate surface area is 110 Å². The molecule has 0 bridgehead atoms. The number of benzene rings is 2. The smallest absolute Gasteiger partial charge is 0.282 e. The van der Waals surface area contributed by atoms with E-state index in [1.54, 1.807) is 12.1 Å². The lowest BCUT2D eigenvalue weighted by Gasteiger charge is -2.11. The van der Waals surface area contributed by atoms with E-state index < -0.39 is 30.0 Å². The van der Waals surface area contributed by atoms with Crippen LogP contribution in [0.4, 0.5) is 0 Å². The van der Waals surface area contributed by atoms with Gasteiger partial charge in [-0.25, -0.2) is 0 Å². The molecule has 2 aromatic rings. The van der Waals surface area contributed by atoms with Crippen molar-refractivity contribution >= 4 is 31.0 Å². The quantitative estimate of drug-likeness (QED) is 0.816. The first-order chi connectivity index (χ1) is 8.62. The fourth-order valence-corrected chi connectivity index (χ4v) is 4.31. The van der Waals surface area contributed by atoms with Gasteiger partial charge in [0, 0.05) is 5.39 Å². The Kier molecular flexibility index (Phi) is 3.13. The van der Waals surface area contributed by atoms with Crippen molar-refractivity contribution in [2.24, 2.45) is 0 Å². The number of hydrogen-bond acceptors (Lipinski definition) is 4. The van der Waals surface area contributed by atoms with Gasteiger partial charge in [-0.15, -0.1) is 0 Å². The van der Waals surface area contributed by atoms with Gasteiger partial charge >= 0.3 is 0 Å². The predicted molar refractivity (Wildman–Crippen MR) is 68.3 cm³/mol. The van der Waals surface area contributed by atoms with Crippen LogP contribution in [-0.4, -0.2) is 25.9 Å². The fourth-order valence-electron chi connectivity index (χ4n) is 2.01. The largest absolute Gasteiger partial charge is 0.296 e. The lowest BCUT2D eigenvalue weighted by atomic mass is 10.1. The molecular weight excluding hydrogens is 292 g/mol. The summed E-state index contributed by atoms with van der Waals surface area (Å²) in [6, 6.07) is 7.49. The van der Waals surface area contributed by atoms with Crippen LogP contribution in [0.5, 0.6) is 0 Å². The van der Waals surface area contributed by atoms with E-state index in [0.29, 0.717) is 5.39 Å². The van der Waals surface area contributed by atoms with E-state index in [-0.39, 0.29) is 10.9 Å². The lowest BCUT2D eigenvalue weighted by molar-refractivity contribution is 0.467. The topological polar surface area (TPSA) is 109 Å². The Bertz CT molecular complexity index is 865. The van der Waals surface area contributed by atoms with Crippen molar-refractivity contribution < 1.29 is 25.9 Å². The van der Waals surface area contributed by atoms with Crippen molar-refractivity contribution in [1.29, 1.82) is 0 Å². The Morgan fingerprint density at radius 1 is 0.895 bits per heavy atom. The van der Waals surface area contributed by atoms with E-state index in [4.69, 9.17) is 0 Å². The number of hydrogen-bond donors (Lipinski definition) is 2. The molecule has 0 aliphatic rings. The van der Waals surface area contributed by atoms with Crippen molar-refractivity contribution in [3.63, 3.8) is 0 Å². The summed E-state index contributed by atoms with van der Waals surface area (Å²) >= 11 is 0. The van der Waals surface area contributed by atoms with Gasteiger partial charge in [0.2, 0.25) is 0 Å². The second kappa shape index (κ2) is 4.27. The maximum absolute atomic E-state index is 11.4. The molecule has 0 atom stereocenters. The van der Waals surface area contributed by atoms with Crippen LogP contribution in [0.3, 0.4) is 0 Å². The highest BCUT2D eigenvalue weighted by Gasteiger charge is 2.28. The van der Waals surface area contributed by atoms with E-state index >= 15 is 0 Å². The minimum absolute atomic E-state index is 0.0308. The summed E-state index contributed by atoms with van der Waals surface area (Å²) in [6.45, 7) is 1.34. The van der Waals surface area contributed by atoms with Crippen LogP contribution >= 0.6 is 0 Å². The Morgan fingerprint density at radius 3 is 1.95 bits per heavy atom. The van der Waals surface area contributed by atoms with Gasteiger partial charge in [-0.1, -0.05) is 24.3 Å². The molecule has 2 N–H and O–H groups in total. The highest BCUT2D eigenvalue weighted by atomic mass is 32.2. The molecule has 0 aliphatic heterocycles. The molecule has 19 heavy (non-hydrogen) atoms. The van der Waals surface area contributed by atoms with Crippen molar-refractivity contribution in [2.45, 2.75) is 16.7 Å². The summed E-state index contributed by atoms with van der Waals surface area (Å²) in [5.74, 6) is 0. The van der Waals surface area contributed by atoms with Gasteiger partial charge in [-0.3, -0.25) is 9.11 Å². The van der Waals surface area contributed by atoms with Crippen molar-refractivity contribution in [1.82, 2.24) is 0 Å². The first-order valence-electron chi connectivity index (χ1n) is 5.09. The molecule has 0 fully saturated rings. The van der Waals surface area contributed by atoms with Crippen LogP contribution in [0.25, 0.3) is 10.8 Å². The molecule has 0 unspecified atom stereocenters. The van der Waals surface area contributed by atoms with E-state index in [1.807, 2.05) is 0 Å². The molecule has 6 nitrogen and oxygen atoms in total. The minimum atomic E-state index is -4.80. The monoisotopic (exact) mass is 302 g/mol. The third-order valence-corrected chi connectivity index (χ3v) is 4.77. The van der Waals surface area contributed by atoms with E-state index in [1.165, 1.54) is 25.1 Å². The van der Waals surface area contributed by atoms with E-state index in [0.717, 1.165) is 0 Å². The van der Waals surface area contributed by atoms with Gasteiger partial charge in [0.05, 0.1) is 0 Å². The zero-order chi connectivity index (χ0) is 14.4. The normalized spacial score (nSPS) is 12.8. The lowest BCUT2D eigenvalue weighted by Crippen LogP contribution is -2.11. The van der Waals surface area contributed by atoms with Gasteiger partial charge in [0.15, 0.2) is 0 Å². The predicted octanol–water partition coefficient (Wildman–Crippen LogP) is 1.64. The third-order valence-electron chi connectivity index (χ3n) is 2.66. The van der Waals surface area contributed by atoms with Gasteiger partial charge in [0.25, 0.3) is 20.2 Å². The van der Waals surface area contributed by atoms with Crippen LogP contribution in [-0.2, 0) is 20.2 Å². The summed E-state index contributed by atoms with van der Waals surface area (Å²) in [6.07, 6.45) is 0. The molecule has 8 heteroatoms.